The van der Waals surface area contributed by atoms with Crippen LogP contribution in [-0.2, 0) is 0 Å². The number of hydrogen-bond donors (Lipinski definition) is 2. The van der Waals surface area contributed by atoms with Crippen molar-refractivity contribution < 1.29 is 5.11 Å². The van der Waals surface area contributed by atoms with Gasteiger partial charge in [-0.1, -0.05) is 80.9 Å². The molecule has 1 aliphatic heterocycles. The Morgan fingerprint density at radius 1 is 0.958 bits per heavy atom. The fourth-order valence-electron chi connectivity index (χ4n) is 4.43. The summed E-state index contributed by atoms with van der Waals surface area (Å²) < 4.78 is 0. The van der Waals surface area contributed by atoms with E-state index < -0.39 is 5.60 Å². The third-order valence-corrected chi connectivity index (χ3v) is 5.51. The van der Waals surface area contributed by atoms with E-state index >= 15 is 0 Å². The van der Waals surface area contributed by atoms with E-state index in [9.17, 15) is 5.11 Å². The maximum atomic E-state index is 11.6. The first-order chi connectivity index (χ1) is 11.7. The Kier molecular flexibility index (Phi) is 5.37. The molecule has 0 aliphatic carbocycles. The first kappa shape index (κ1) is 17.2. The van der Waals surface area contributed by atoms with Crippen molar-refractivity contribution in [2.75, 3.05) is 0 Å². The summed E-state index contributed by atoms with van der Waals surface area (Å²) in [6, 6.07) is 21.5. The summed E-state index contributed by atoms with van der Waals surface area (Å²) in [4.78, 5) is 0. The van der Waals surface area contributed by atoms with Gasteiger partial charge in [0.25, 0.3) is 0 Å². The molecule has 1 heterocycles. The Balaban J connectivity index is 1.98. The van der Waals surface area contributed by atoms with Crippen LogP contribution in [0.15, 0.2) is 60.7 Å². The second-order valence-electron chi connectivity index (χ2n) is 7.09. The van der Waals surface area contributed by atoms with Gasteiger partial charge in [0.05, 0.1) is 5.60 Å². The standard InChI is InChI=1S/C22H29NO/c1-3-15-22(24)16-20(17-11-7-5-8-12-17)23-21(19(22)4-2)18-13-9-6-10-14-18/h5-14,19-21,23-24H,3-4,15-16H2,1-2H3/t19-,20+,21+,22-/m0/s1. The van der Waals surface area contributed by atoms with Gasteiger partial charge in [0.2, 0.25) is 0 Å². The van der Waals surface area contributed by atoms with Crippen molar-refractivity contribution in [1.29, 1.82) is 0 Å². The maximum absolute atomic E-state index is 11.6. The molecule has 2 nitrogen and oxygen atoms in total. The van der Waals surface area contributed by atoms with Gasteiger partial charge in [0.15, 0.2) is 0 Å². The molecule has 1 fully saturated rings. The topological polar surface area (TPSA) is 32.3 Å². The lowest BCUT2D eigenvalue weighted by atomic mass is 9.68. The van der Waals surface area contributed by atoms with Gasteiger partial charge >= 0.3 is 0 Å². The minimum Gasteiger partial charge on any atom is -0.389 e. The van der Waals surface area contributed by atoms with Crippen molar-refractivity contribution in [3.63, 3.8) is 0 Å². The predicted molar refractivity (Wildman–Crippen MR) is 99.8 cm³/mol. The first-order valence-corrected chi connectivity index (χ1v) is 9.26. The molecule has 4 atom stereocenters. The summed E-state index contributed by atoms with van der Waals surface area (Å²) in [5.41, 5.74) is 1.93. The molecule has 128 valence electrons. The molecule has 0 radical (unpaired) electrons. The van der Waals surface area contributed by atoms with E-state index in [2.05, 4.69) is 73.8 Å². The van der Waals surface area contributed by atoms with Gasteiger partial charge in [0, 0.05) is 18.0 Å². The number of piperidine rings is 1. The lowest BCUT2D eigenvalue weighted by Gasteiger charge is -2.49. The van der Waals surface area contributed by atoms with E-state index in [0.717, 1.165) is 25.7 Å². The summed E-state index contributed by atoms with van der Waals surface area (Å²) in [5.74, 6) is 0.236. The first-order valence-electron chi connectivity index (χ1n) is 9.26. The van der Waals surface area contributed by atoms with E-state index in [1.54, 1.807) is 0 Å². The highest BCUT2D eigenvalue weighted by Crippen LogP contribution is 2.46. The SMILES string of the molecule is CCC[C@]1(O)C[C@H](c2ccccc2)N[C@H](c2ccccc2)[C@@H]1CC. The molecule has 1 aliphatic rings. The van der Waals surface area contributed by atoms with Crippen molar-refractivity contribution in [1.82, 2.24) is 5.32 Å². The summed E-state index contributed by atoms with van der Waals surface area (Å²) >= 11 is 0. The Hall–Kier alpha value is -1.64. The van der Waals surface area contributed by atoms with Crippen LogP contribution < -0.4 is 5.32 Å². The second kappa shape index (κ2) is 7.50. The fraction of sp³-hybridized carbons (Fsp3) is 0.455. The van der Waals surface area contributed by atoms with Crippen LogP contribution in [0.1, 0.15) is 62.7 Å². The van der Waals surface area contributed by atoms with Crippen LogP contribution in [0.25, 0.3) is 0 Å². The summed E-state index contributed by atoms with van der Waals surface area (Å²) in [5, 5.41) is 15.4. The molecule has 24 heavy (non-hydrogen) atoms. The zero-order valence-electron chi connectivity index (χ0n) is 14.8. The molecular formula is C22H29NO. The van der Waals surface area contributed by atoms with E-state index in [0.29, 0.717) is 0 Å². The smallest absolute Gasteiger partial charge is 0.0711 e. The van der Waals surface area contributed by atoms with Crippen LogP contribution in [0, 0.1) is 5.92 Å². The van der Waals surface area contributed by atoms with Crippen LogP contribution in [-0.4, -0.2) is 10.7 Å². The second-order valence-corrected chi connectivity index (χ2v) is 7.09. The highest BCUT2D eigenvalue weighted by atomic mass is 16.3. The summed E-state index contributed by atoms with van der Waals surface area (Å²) in [6.07, 6.45) is 3.63. The van der Waals surface area contributed by atoms with Gasteiger partial charge in [-0.15, -0.1) is 0 Å². The molecule has 1 saturated heterocycles. The summed E-state index contributed by atoms with van der Waals surface area (Å²) in [6.45, 7) is 4.37. The zero-order valence-corrected chi connectivity index (χ0v) is 14.8. The monoisotopic (exact) mass is 323 g/mol. The van der Waals surface area contributed by atoms with Crippen LogP contribution in [0.4, 0.5) is 0 Å². The van der Waals surface area contributed by atoms with Crippen molar-refractivity contribution in [2.45, 2.75) is 57.2 Å². The van der Waals surface area contributed by atoms with Gasteiger partial charge in [-0.05, 0) is 30.4 Å². The molecular weight excluding hydrogens is 294 g/mol. The third-order valence-electron chi connectivity index (χ3n) is 5.51. The van der Waals surface area contributed by atoms with Crippen molar-refractivity contribution in [2.24, 2.45) is 5.92 Å². The lowest BCUT2D eigenvalue weighted by molar-refractivity contribution is -0.0827. The van der Waals surface area contributed by atoms with Crippen LogP contribution in [0.3, 0.4) is 0 Å². The summed E-state index contributed by atoms with van der Waals surface area (Å²) in [7, 11) is 0. The Morgan fingerprint density at radius 2 is 1.54 bits per heavy atom. The molecule has 3 rings (SSSR count). The number of benzene rings is 2. The molecule has 0 aromatic heterocycles. The van der Waals surface area contributed by atoms with Gasteiger partial charge < -0.3 is 10.4 Å². The highest BCUT2D eigenvalue weighted by molar-refractivity contribution is 5.26. The van der Waals surface area contributed by atoms with E-state index in [1.807, 2.05) is 6.07 Å². The predicted octanol–water partition coefficient (Wildman–Crippen LogP) is 5.02. The largest absolute Gasteiger partial charge is 0.389 e. The minimum atomic E-state index is -0.615. The molecule has 0 spiro atoms. The average Bonchev–Trinajstić information content (AvgIpc) is 2.62. The Bertz CT molecular complexity index is 627. The molecule has 2 aromatic carbocycles. The minimum absolute atomic E-state index is 0.187. The van der Waals surface area contributed by atoms with E-state index in [1.165, 1.54) is 11.1 Å². The molecule has 2 heteroatoms. The number of aliphatic hydroxyl groups is 1. The Labute approximate surface area is 145 Å². The molecule has 0 unspecified atom stereocenters. The van der Waals surface area contributed by atoms with Gasteiger partial charge in [-0.25, -0.2) is 0 Å². The maximum Gasteiger partial charge on any atom is 0.0711 e. The number of hydrogen-bond acceptors (Lipinski definition) is 2. The normalized spacial score (nSPS) is 30.2. The van der Waals surface area contributed by atoms with Crippen molar-refractivity contribution in [3.05, 3.63) is 71.8 Å². The quantitative estimate of drug-likeness (QED) is 0.810. The van der Waals surface area contributed by atoms with Crippen LogP contribution >= 0.6 is 0 Å². The average molecular weight is 323 g/mol. The molecule has 2 aromatic rings. The highest BCUT2D eigenvalue weighted by Gasteiger charge is 2.46. The number of nitrogens with one attached hydrogen (secondary N) is 1. The van der Waals surface area contributed by atoms with E-state index in [4.69, 9.17) is 0 Å². The molecule has 0 amide bonds. The fourth-order valence-corrected chi connectivity index (χ4v) is 4.43. The third kappa shape index (κ3) is 3.40. The van der Waals surface area contributed by atoms with Gasteiger partial charge in [-0.3, -0.25) is 0 Å². The van der Waals surface area contributed by atoms with Crippen LogP contribution in [0.5, 0.6) is 0 Å². The van der Waals surface area contributed by atoms with Crippen molar-refractivity contribution >= 4 is 0 Å². The van der Waals surface area contributed by atoms with E-state index in [-0.39, 0.29) is 18.0 Å². The lowest BCUT2D eigenvalue weighted by Crippen LogP contribution is -2.52. The number of rotatable bonds is 5. The van der Waals surface area contributed by atoms with Gasteiger partial charge in [-0.2, -0.15) is 0 Å². The molecule has 0 bridgehead atoms. The van der Waals surface area contributed by atoms with Gasteiger partial charge in [0.1, 0.15) is 0 Å². The molecule has 2 N–H and O–H groups in total. The molecule has 0 saturated carbocycles. The van der Waals surface area contributed by atoms with Crippen molar-refractivity contribution in [3.8, 4) is 0 Å². The zero-order chi connectivity index (χ0) is 17.0. The Morgan fingerprint density at radius 3 is 2.08 bits per heavy atom. The van der Waals surface area contributed by atoms with Crippen LogP contribution in [0.2, 0.25) is 0 Å².